The number of aliphatic hydroxyl groups excluding tert-OH is 3. The Labute approximate surface area is 272 Å². The van der Waals surface area contributed by atoms with E-state index in [0.717, 1.165) is 0 Å². The summed E-state index contributed by atoms with van der Waals surface area (Å²) in [4.78, 5) is 51.6. The maximum atomic E-state index is 13.1. The third kappa shape index (κ3) is 3.89. The minimum atomic E-state index is -2.04. The van der Waals surface area contributed by atoms with Crippen molar-refractivity contribution >= 4 is 23.9 Å². The summed E-state index contributed by atoms with van der Waals surface area (Å²) in [6, 6.07) is 0. The maximum absolute atomic E-state index is 13.1. The van der Waals surface area contributed by atoms with Crippen molar-refractivity contribution in [3.63, 3.8) is 0 Å². The molecule has 2 heterocycles. The summed E-state index contributed by atoms with van der Waals surface area (Å²) in [6.07, 6.45) is -6.12. The highest BCUT2D eigenvalue weighted by Gasteiger charge is 2.82. The fourth-order valence-corrected chi connectivity index (χ4v) is 12.2. The van der Waals surface area contributed by atoms with Crippen LogP contribution in [0.15, 0.2) is 11.8 Å². The Hall–Kier alpha value is -2.58. The van der Waals surface area contributed by atoms with E-state index >= 15 is 0 Å². The molecule has 19 atom stereocenters. The van der Waals surface area contributed by atoms with Crippen molar-refractivity contribution in [1.29, 1.82) is 0 Å². The number of hydrogen-bond acceptors (Lipinski definition) is 13. The van der Waals surface area contributed by atoms with Crippen LogP contribution in [0.5, 0.6) is 0 Å². The van der Waals surface area contributed by atoms with E-state index in [-0.39, 0.29) is 11.9 Å². The molecule has 7 aliphatic rings. The van der Waals surface area contributed by atoms with Crippen molar-refractivity contribution in [3.8, 4) is 0 Å². The number of epoxide rings is 1. The summed E-state index contributed by atoms with van der Waals surface area (Å²) in [5.41, 5.74) is -5.88. The number of esters is 4. The molecule has 7 rings (SSSR count). The van der Waals surface area contributed by atoms with E-state index in [1.54, 1.807) is 13.0 Å². The van der Waals surface area contributed by atoms with Crippen LogP contribution < -0.4 is 0 Å². The van der Waals surface area contributed by atoms with E-state index < -0.39 is 130 Å². The van der Waals surface area contributed by atoms with Gasteiger partial charge in [0.05, 0.1) is 29.8 Å². The molecule has 0 aromatic rings. The van der Waals surface area contributed by atoms with Gasteiger partial charge in [0.25, 0.3) is 0 Å². The van der Waals surface area contributed by atoms with E-state index in [0.29, 0.717) is 6.42 Å². The molecule has 2 saturated heterocycles. The van der Waals surface area contributed by atoms with Crippen LogP contribution in [0.2, 0.25) is 0 Å². The lowest BCUT2D eigenvalue weighted by atomic mass is 9.41. The molecule has 0 aromatic carbocycles. The first-order valence-electron chi connectivity index (χ1n) is 16.6. The summed E-state index contributed by atoms with van der Waals surface area (Å²) in [5.74, 6) is -7.88. The largest absolute Gasteiger partial charge is 0.459 e. The Balaban J connectivity index is 1.49. The summed E-state index contributed by atoms with van der Waals surface area (Å²) >= 11 is 0. The van der Waals surface area contributed by atoms with Gasteiger partial charge in [-0.3, -0.25) is 14.4 Å². The number of carbonyl (C=O) groups is 4. The highest BCUT2D eigenvalue weighted by molar-refractivity contribution is 5.85. The zero-order chi connectivity index (χ0) is 34.5. The van der Waals surface area contributed by atoms with Crippen molar-refractivity contribution in [2.75, 3.05) is 0 Å². The van der Waals surface area contributed by atoms with Gasteiger partial charge in [0.1, 0.15) is 30.2 Å². The average molecular weight is 663 g/mol. The molecule has 0 amide bonds. The van der Waals surface area contributed by atoms with Crippen LogP contribution in [0.3, 0.4) is 0 Å². The van der Waals surface area contributed by atoms with E-state index in [2.05, 4.69) is 0 Å². The minimum Gasteiger partial charge on any atom is -0.459 e. The molecule has 0 unspecified atom stereocenters. The minimum absolute atomic E-state index is 0.232. The van der Waals surface area contributed by atoms with Crippen LogP contribution >= 0.6 is 0 Å². The van der Waals surface area contributed by atoms with Crippen LogP contribution in [0.4, 0.5) is 0 Å². The Morgan fingerprint density at radius 3 is 2.00 bits per heavy atom. The molecule has 0 spiro atoms. The lowest BCUT2D eigenvalue weighted by Crippen LogP contribution is -2.75. The lowest BCUT2D eigenvalue weighted by molar-refractivity contribution is -0.299. The molecular weight excluding hydrogens is 616 g/mol. The maximum Gasteiger partial charge on any atom is 0.343 e. The molecule has 6 fully saturated rings. The number of ether oxygens (including phenoxy) is 5. The predicted octanol–water partition coefficient (Wildman–Crippen LogP) is 0.634. The summed E-state index contributed by atoms with van der Waals surface area (Å²) in [6.45, 7) is 12.3. The standard InChI is InChI=1S/C34H46O13/c1-11-9-17-33(7,34(8,42)30(41)47-17)22-19(11)32(6)20(25(22)40)18-21(27(43-12(2)35)29(32)45-14(4)37)31(5)15(23(38)24(18)39)10-16-26(46-16)28(31)44-13(3)36/h9,11,15-16,18-29,38-40,42H,10H2,1-8H3/t11-,15-,16+,18+,19+,20-,21-,22+,23+,24-,25-,26+,27+,28+,29+,31+,32-,33+,34-/m1/s1. The zero-order valence-corrected chi connectivity index (χ0v) is 27.9. The zero-order valence-electron chi connectivity index (χ0n) is 27.9. The molecular formula is C34H46O13. The topological polar surface area (TPSA) is 199 Å². The van der Waals surface area contributed by atoms with Gasteiger partial charge in [-0.2, -0.15) is 0 Å². The summed E-state index contributed by atoms with van der Waals surface area (Å²) in [7, 11) is 0. The van der Waals surface area contributed by atoms with Crippen molar-refractivity contribution in [1.82, 2.24) is 0 Å². The van der Waals surface area contributed by atoms with Gasteiger partial charge in [-0.05, 0) is 44.1 Å². The van der Waals surface area contributed by atoms with Crippen LogP contribution in [-0.2, 0) is 42.9 Å². The molecule has 260 valence electrons. The molecule has 5 aliphatic carbocycles. The molecule has 0 aromatic heterocycles. The number of rotatable bonds is 3. The summed E-state index contributed by atoms with van der Waals surface area (Å²) < 4.78 is 29.8. The molecule has 13 nitrogen and oxygen atoms in total. The highest BCUT2D eigenvalue weighted by Crippen LogP contribution is 2.75. The number of allylic oxidation sites excluding steroid dienone is 1. The quantitative estimate of drug-likeness (QED) is 0.187. The molecule has 47 heavy (non-hydrogen) atoms. The van der Waals surface area contributed by atoms with E-state index in [1.807, 2.05) is 20.8 Å². The Bertz CT molecular complexity index is 1460. The first-order valence-corrected chi connectivity index (χ1v) is 16.6. The van der Waals surface area contributed by atoms with Crippen molar-refractivity contribution in [2.24, 2.45) is 57.7 Å². The third-order valence-corrected chi connectivity index (χ3v) is 14.0. The summed E-state index contributed by atoms with van der Waals surface area (Å²) in [5, 5.41) is 48.5. The van der Waals surface area contributed by atoms with Gasteiger partial charge in [-0.1, -0.05) is 20.8 Å². The van der Waals surface area contributed by atoms with Gasteiger partial charge >= 0.3 is 23.9 Å². The smallest absolute Gasteiger partial charge is 0.343 e. The molecule has 13 heteroatoms. The van der Waals surface area contributed by atoms with Crippen molar-refractivity contribution in [3.05, 3.63) is 11.8 Å². The Morgan fingerprint density at radius 2 is 1.40 bits per heavy atom. The molecule has 2 aliphatic heterocycles. The number of aliphatic hydroxyl groups is 4. The first-order chi connectivity index (χ1) is 21.7. The van der Waals surface area contributed by atoms with Crippen molar-refractivity contribution < 1.29 is 63.3 Å². The third-order valence-electron chi connectivity index (χ3n) is 14.0. The van der Waals surface area contributed by atoms with Gasteiger partial charge in [0, 0.05) is 55.3 Å². The van der Waals surface area contributed by atoms with E-state index in [1.165, 1.54) is 27.7 Å². The number of carbonyl (C=O) groups excluding carboxylic acids is 4. The van der Waals surface area contributed by atoms with Crippen LogP contribution in [-0.4, -0.2) is 98.7 Å². The predicted molar refractivity (Wildman–Crippen MR) is 157 cm³/mol. The Morgan fingerprint density at radius 1 is 0.809 bits per heavy atom. The van der Waals surface area contributed by atoms with Crippen LogP contribution in [0.25, 0.3) is 0 Å². The van der Waals surface area contributed by atoms with Gasteiger partial charge in [-0.15, -0.1) is 0 Å². The molecule has 4 N–H and O–H groups in total. The molecule has 0 radical (unpaired) electrons. The van der Waals surface area contributed by atoms with Gasteiger partial charge < -0.3 is 44.1 Å². The van der Waals surface area contributed by atoms with Gasteiger partial charge in [0.2, 0.25) is 0 Å². The second-order valence-corrected chi connectivity index (χ2v) is 16.1. The lowest BCUT2D eigenvalue weighted by Gasteiger charge is -2.66. The van der Waals surface area contributed by atoms with E-state index in [4.69, 9.17) is 23.7 Å². The fraction of sp³-hybridized carbons (Fsp3) is 0.824. The molecule has 0 bridgehead atoms. The van der Waals surface area contributed by atoms with Crippen molar-refractivity contribution in [2.45, 2.75) is 116 Å². The average Bonchev–Trinajstić information content (AvgIpc) is 3.65. The van der Waals surface area contributed by atoms with Crippen LogP contribution in [0, 0.1) is 57.7 Å². The first kappa shape index (κ1) is 32.9. The number of hydrogen-bond donors (Lipinski definition) is 4. The van der Waals surface area contributed by atoms with Crippen LogP contribution in [0.1, 0.15) is 61.8 Å². The second kappa shape index (κ2) is 9.99. The van der Waals surface area contributed by atoms with Gasteiger partial charge in [0.15, 0.2) is 5.60 Å². The highest BCUT2D eigenvalue weighted by atomic mass is 16.6. The second-order valence-electron chi connectivity index (χ2n) is 16.1. The SMILES string of the molecule is CC(=O)O[C@H]1[C@H]2[C@@H]([C@@H](O)[C@@H](O)[C@H]3C[C@@H]4O[C@@H]4[C@H](OC(C)=O)[C@]23C)[C@@H]2[C@@H](O)[C@@H]3[C@H]([C@H](C)C=C4OC(=O)[C@@](C)(O)[C@@]43C)[C@@]2(C)[C@H]1OC(C)=O. The molecule has 4 saturated carbocycles. The fourth-order valence-electron chi connectivity index (χ4n) is 12.2. The van der Waals surface area contributed by atoms with Gasteiger partial charge in [-0.25, -0.2) is 4.79 Å². The number of fused-ring (bicyclic) bond motifs is 10. The monoisotopic (exact) mass is 662 g/mol. The van der Waals surface area contributed by atoms with E-state index in [9.17, 15) is 39.6 Å². The normalized spacial score (nSPS) is 56.6. The Kier molecular flexibility index (Phi) is 7.00.